The van der Waals surface area contributed by atoms with Gasteiger partial charge in [0.1, 0.15) is 11.4 Å². The van der Waals surface area contributed by atoms with Crippen LogP contribution in [0, 0.1) is 0 Å². The molecular weight excluding hydrogens is 553 g/mol. The van der Waals surface area contributed by atoms with E-state index in [0.717, 1.165) is 18.7 Å². The number of halogens is 2. The molecule has 12 heteroatoms. The second kappa shape index (κ2) is 14.8. The molecule has 40 heavy (non-hydrogen) atoms. The average Bonchev–Trinajstić information content (AvgIpc) is 3.47. The lowest BCUT2D eigenvalue weighted by atomic mass is 10.1. The van der Waals surface area contributed by atoms with Gasteiger partial charge in [-0.2, -0.15) is 0 Å². The molecule has 0 radical (unpaired) electrons. The summed E-state index contributed by atoms with van der Waals surface area (Å²) < 4.78 is 3.30. The van der Waals surface area contributed by atoms with Gasteiger partial charge in [-0.1, -0.05) is 0 Å². The summed E-state index contributed by atoms with van der Waals surface area (Å²) in [5.41, 5.74) is 3.18. The zero-order valence-electron chi connectivity index (χ0n) is 23.3. The number of hydrogen-bond acceptors (Lipinski definition) is 5. The number of aryl methyl sites for hydroxylation is 2. The molecule has 10 nitrogen and oxygen atoms in total. The highest BCUT2D eigenvalue weighted by Gasteiger charge is 2.17. The summed E-state index contributed by atoms with van der Waals surface area (Å²) in [5, 5.41) is 8.57. The Hall–Kier alpha value is -3.47. The number of benzene rings is 1. The topological polar surface area (TPSA) is 104 Å². The van der Waals surface area contributed by atoms with Gasteiger partial charge in [0.2, 0.25) is 0 Å². The summed E-state index contributed by atoms with van der Waals surface area (Å²) in [5.74, 6) is 0.0797. The molecule has 2 heterocycles. The first kappa shape index (κ1) is 31.1. The molecule has 2 aromatic heterocycles. The SMILES string of the molecule is CN(C)CCCNC(=O)c1cc(NC(=O)c2cc(NC(=O)c3ccc(N(CCCl)CCCl)cc3)cn2C)cn1C. The molecule has 0 spiro atoms. The Morgan fingerprint density at radius 3 is 1.82 bits per heavy atom. The summed E-state index contributed by atoms with van der Waals surface area (Å²) in [4.78, 5) is 42.5. The number of nitrogens with one attached hydrogen (secondary N) is 3. The van der Waals surface area contributed by atoms with Crippen LogP contribution in [0.15, 0.2) is 48.8 Å². The normalized spacial score (nSPS) is 11.0. The van der Waals surface area contributed by atoms with Crippen molar-refractivity contribution in [1.82, 2.24) is 19.4 Å². The third kappa shape index (κ3) is 8.51. The molecule has 216 valence electrons. The van der Waals surface area contributed by atoms with Crippen LogP contribution < -0.4 is 20.9 Å². The zero-order chi connectivity index (χ0) is 29.2. The van der Waals surface area contributed by atoms with Crippen LogP contribution in [-0.4, -0.2) is 83.8 Å². The van der Waals surface area contributed by atoms with Crippen molar-refractivity contribution in [2.24, 2.45) is 14.1 Å². The predicted octanol–water partition coefficient (Wildman–Crippen LogP) is 3.83. The number of carbonyl (C=O) groups excluding carboxylic acids is 3. The number of anilines is 3. The fourth-order valence-corrected chi connectivity index (χ4v) is 4.61. The van der Waals surface area contributed by atoms with E-state index in [-0.39, 0.29) is 17.7 Å². The monoisotopic (exact) mass is 589 g/mol. The second-order valence-electron chi connectivity index (χ2n) is 9.68. The van der Waals surface area contributed by atoms with E-state index in [1.54, 1.807) is 59.9 Å². The first-order valence-electron chi connectivity index (χ1n) is 13.0. The van der Waals surface area contributed by atoms with Gasteiger partial charge in [0.15, 0.2) is 0 Å². The molecule has 1 aromatic carbocycles. The lowest BCUT2D eigenvalue weighted by Gasteiger charge is -2.22. The molecule has 0 bridgehead atoms. The van der Waals surface area contributed by atoms with Crippen LogP contribution in [0.3, 0.4) is 0 Å². The summed E-state index contributed by atoms with van der Waals surface area (Å²) >= 11 is 11.8. The molecule has 3 aromatic rings. The summed E-state index contributed by atoms with van der Waals surface area (Å²) in [6.07, 6.45) is 4.19. The van der Waals surface area contributed by atoms with Crippen LogP contribution in [0.1, 0.15) is 37.8 Å². The van der Waals surface area contributed by atoms with Crippen LogP contribution in [-0.2, 0) is 14.1 Å². The van der Waals surface area contributed by atoms with Crippen molar-refractivity contribution < 1.29 is 14.4 Å². The maximum atomic E-state index is 13.0. The maximum Gasteiger partial charge on any atom is 0.272 e. The number of carbonyl (C=O) groups is 3. The van der Waals surface area contributed by atoms with E-state index in [2.05, 4.69) is 25.8 Å². The highest BCUT2D eigenvalue weighted by atomic mass is 35.5. The third-order valence-electron chi connectivity index (χ3n) is 6.26. The first-order chi connectivity index (χ1) is 19.1. The molecule has 3 rings (SSSR count). The highest BCUT2D eigenvalue weighted by molar-refractivity contribution is 6.18. The molecule has 0 atom stereocenters. The molecule has 0 saturated heterocycles. The van der Waals surface area contributed by atoms with Gasteiger partial charge in [0.05, 0.1) is 11.4 Å². The van der Waals surface area contributed by atoms with Crippen molar-refractivity contribution >= 4 is 58.0 Å². The van der Waals surface area contributed by atoms with Gasteiger partial charge in [-0.15, -0.1) is 23.2 Å². The van der Waals surface area contributed by atoms with Crippen LogP contribution in [0.4, 0.5) is 17.1 Å². The van der Waals surface area contributed by atoms with Gasteiger partial charge in [0, 0.05) is 69.1 Å². The third-order valence-corrected chi connectivity index (χ3v) is 6.60. The van der Waals surface area contributed by atoms with Crippen molar-refractivity contribution in [3.05, 3.63) is 65.7 Å². The molecular formula is C28H37Cl2N7O3. The Bertz CT molecular complexity index is 1300. The van der Waals surface area contributed by atoms with Crippen molar-refractivity contribution in [1.29, 1.82) is 0 Å². The van der Waals surface area contributed by atoms with E-state index in [9.17, 15) is 14.4 Å². The van der Waals surface area contributed by atoms with Crippen molar-refractivity contribution in [2.45, 2.75) is 6.42 Å². The van der Waals surface area contributed by atoms with E-state index in [4.69, 9.17) is 23.2 Å². The average molecular weight is 591 g/mol. The lowest BCUT2D eigenvalue weighted by Crippen LogP contribution is -2.28. The minimum absolute atomic E-state index is 0.204. The molecule has 0 aliphatic heterocycles. The van der Waals surface area contributed by atoms with E-state index in [1.165, 1.54) is 0 Å². The molecule has 0 unspecified atom stereocenters. The number of aromatic nitrogens is 2. The van der Waals surface area contributed by atoms with Gasteiger partial charge in [-0.05, 0) is 63.5 Å². The molecule has 0 fully saturated rings. The van der Waals surface area contributed by atoms with Crippen LogP contribution in [0.5, 0.6) is 0 Å². The summed E-state index contributed by atoms with van der Waals surface area (Å²) in [6, 6.07) is 10.4. The molecule has 0 aliphatic rings. The molecule has 0 aliphatic carbocycles. The fraction of sp³-hybridized carbons (Fsp3) is 0.393. The number of nitrogens with zero attached hydrogens (tertiary/aromatic N) is 4. The molecule has 3 amide bonds. The molecule has 0 saturated carbocycles. The van der Waals surface area contributed by atoms with Crippen molar-refractivity contribution in [3.8, 4) is 0 Å². The minimum Gasteiger partial charge on any atom is -0.369 e. The first-order valence-corrected chi connectivity index (χ1v) is 14.0. The lowest BCUT2D eigenvalue weighted by molar-refractivity contribution is 0.0942. The number of amides is 3. The number of hydrogen-bond donors (Lipinski definition) is 3. The Kier molecular flexibility index (Phi) is 11.5. The predicted molar refractivity (Wildman–Crippen MR) is 162 cm³/mol. The smallest absolute Gasteiger partial charge is 0.272 e. The molecule has 3 N–H and O–H groups in total. The largest absolute Gasteiger partial charge is 0.369 e. The van der Waals surface area contributed by atoms with Gasteiger partial charge in [-0.3, -0.25) is 14.4 Å². The van der Waals surface area contributed by atoms with E-state index >= 15 is 0 Å². The van der Waals surface area contributed by atoms with Crippen molar-refractivity contribution in [3.63, 3.8) is 0 Å². The van der Waals surface area contributed by atoms with E-state index in [1.807, 2.05) is 26.2 Å². The van der Waals surface area contributed by atoms with Crippen molar-refractivity contribution in [2.75, 3.05) is 67.6 Å². The Morgan fingerprint density at radius 2 is 1.30 bits per heavy atom. The van der Waals surface area contributed by atoms with Crippen LogP contribution >= 0.6 is 23.2 Å². The Labute approximate surface area is 245 Å². The summed E-state index contributed by atoms with van der Waals surface area (Å²) in [7, 11) is 7.44. The summed E-state index contributed by atoms with van der Waals surface area (Å²) in [6.45, 7) is 2.75. The second-order valence-corrected chi connectivity index (χ2v) is 10.4. The Morgan fingerprint density at radius 1 is 0.775 bits per heavy atom. The maximum absolute atomic E-state index is 13.0. The minimum atomic E-state index is -0.366. The number of alkyl halides is 2. The quantitative estimate of drug-likeness (QED) is 0.196. The van der Waals surface area contributed by atoms with Gasteiger partial charge >= 0.3 is 0 Å². The van der Waals surface area contributed by atoms with E-state index in [0.29, 0.717) is 59.7 Å². The van der Waals surface area contributed by atoms with Crippen LogP contribution in [0.25, 0.3) is 0 Å². The van der Waals surface area contributed by atoms with Crippen LogP contribution in [0.2, 0.25) is 0 Å². The van der Waals surface area contributed by atoms with Gasteiger partial charge in [0.25, 0.3) is 17.7 Å². The fourth-order valence-electron chi connectivity index (χ4n) is 4.20. The Balaban J connectivity index is 1.61. The van der Waals surface area contributed by atoms with Gasteiger partial charge in [-0.25, -0.2) is 0 Å². The zero-order valence-corrected chi connectivity index (χ0v) is 24.8. The number of rotatable bonds is 14. The highest BCUT2D eigenvalue weighted by Crippen LogP contribution is 2.20. The van der Waals surface area contributed by atoms with E-state index < -0.39 is 0 Å². The van der Waals surface area contributed by atoms with Gasteiger partial charge < -0.3 is 34.9 Å². The standard InChI is InChI=1S/C28H37Cl2N7O3/c1-34(2)13-5-12-31-27(39)24-16-22(19-35(24)3)33-28(40)25-17-21(18-36(25)4)32-26(38)20-6-8-23(9-7-20)37(14-10-29)15-11-30/h6-9,16-19H,5,10-15H2,1-4H3,(H,31,39)(H,32,38)(H,33,40).